The summed E-state index contributed by atoms with van der Waals surface area (Å²) in [6.07, 6.45) is 2.28. The molecule has 1 unspecified atom stereocenters. The Hall–Kier alpha value is 0.990. The Morgan fingerprint density at radius 2 is 1.67 bits per heavy atom. The molecule has 1 atom stereocenters. The fraction of sp³-hybridized carbons (Fsp3) is 0.615. The molecule has 0 aromatic carbocycles. The first-order chi connectivity index (χ1) is 6.72. The van der Waals surface area contributed by atoms with Gasteiger partial charge in [-0.05, 0) is 30.6 Å². The van der Waals surface area contributed by atoms with Crippen LogP contribution < -0.4 is 24.8 Å². The second kappa shape index (κ2) is 8.32. The van der Waals surface area contributed by atoms with E-state index in [0.29, 0.717) is 0 Å². The summed E-state index contributed by atoms with van der Waals surface area (Å²) in [5.41, 5.74) is 6.19. The van der Waals surface area contributed by atoms with Crippen LogP contribution >= 0.6 is 0 Å². The molecule has 0 spiro atoms. The van der Waals surface area contributed by atoms with Gasteiger partial charge in [0.2, 0.25) is 0 Å². The smallest absolute Gasteiger partial charge is 1.00 e. The van der Waals surface area contributed by atoms with E-state index in [2.05, 4.69) is 53.3 Å². The number of hydrogen-bond donors (Lipinski definition) is 0. The van der Waals surface area contributed by atoms with Gasteiger partial charge >= 0.3 is 26.2 Å². The predicted molar refractivity (Wildman–Crippen MR) is 72.6 cm³/mol. The van der Waals surface area contributed by atoms with E-state index in [-0.39, 0.29) is 62.1 Å². The minimum Gasteiger partial charge on any atom is -1.00 e. The van der Waals surface area contributed by atoms with Crippen molar-refractivity contribution in [2.24, 2.45) is 0 Å². The minimum atomic E-state index is -0.103. The molecule has 1 aliphatic carbocycles. The minimum absolute atomic E-state index is 0. The number of rotatable bonds is 3. The van der Waals surface area contributed by atoms with Crippen molar-refractivity contribution in [3.8, 4) is 0 Å². The molecule has 1 rings (SSSR count). The van der Waals surface area contributed by atoms with Crippen LogP contribution in [0, 0.1) is 0 Å². The fourth-order valence-corrected chi connectivity index (χ4v) is 2.17. The van der Waals surface area contributed by atoms with Crippen LogP contribution in [0.3, 0.4) is 0 Å². The summed E-state index contributed by atoms with van der Waals surface area (Å²) in [6.45, 7) is 13.1. The predicted octanol–water partition coefficient (Wildman–Crippen LogP) is -3.37. The van der Waals surface area contributed by atoms with Gasteiger partial charge in [-0.2, -0.15) is 0 Å². The van der Waals surface area contributed by atoms with E-state index >= 15 is 0 Å². The molecule has 0 N–H and O–H groups in total. The normalized spacial score (nSPS) is 22.4. The number of nitrogens with zero attached hydrogens (tertiary/aromatic N) is 1. The Kier molecular flexibility index (Phi) is 11.1. The Balaban J connectivity index is -0.000000750. The first-order valence-corrected chi connectivity index (χ1v) is 6.29. The van der Waals surface area contributed by atoms with Gasteiger partial charge in [0.05, 0.1) is 0 Å². The van der Waals surface area contributed by atoms with Gasteiger partial charge in [-0.3, -0.25) is 0 Å². The Morgan fingerprint density at radius 3 is 1.94 bits per heavy atom. The fourth-order valence-electron chi connectivity index (χ4n) is 2.07. The monoisotopic (exact) mass is 380 g/mol. The van der Waals surface area contributed by atoms with E-state index in [1.165, 1.54) is 16.7 Å². The molecule has 0 bridgehead atoms. The topological polar surface area (TPSA) is 14.1 Å². The van der Waals surface area contributed by atoms with Gasteiger partial charge in [0.1, 0.15) is 0 Å². The third-order valence-electron chi connectivity index (χ3n) is 3.43. The summed E-state index contributed by atoms with van der Waals surface area (Å²) >= 11 is 0. The summed E-state index contributed by atoms with van der Waals surface area (Å²) in [6, 6.07) is 0. The van der Waals surface area contributed by atoms with Crippen molar-refractivity contribution < 1.29 is 51.0 Å². The summed E-state index contributed by atoms with van der Waals surface area (Å²) in [5, 5.41) is 4.96. The van der Waals surface area contributed by atoms with Gasteiger partial charge in [-0.1, -0.05) is 49.1 Å². The molecule has 1 aliphatic rings. The third-order valence-corrected chi connectivity index (χ3v) is 4.43. The van der Waals surface area contributed by atoms with Gasteiger partial charge in [-0.15, -0.1) is 11.2 Å². The maximum atomic E-state index is 4.96. The van der Waals surface area contributed by atoms with Crippen molar-refractivity contribution in [2.45, 2.75) is 52.6 Å². The number of hydrogen-bond acceptors (Lipinski definition) is 0. The van der Waals surface area contributed by atoms with Gasteiger partial charge in [0.15, 0.2) is 0 Å². The van der Waals surface area contributed by atoms with Crippen molar-refractivity contribution in [1.82, 2.24) is 0 Å². The molecule has 1 radical (unpaired) electrons. The zero-order chi connectivity index (χ0) is 11.9. The van der Waals surface area contributed by atoms with E-state index < -0.39 is 0 Å². The van der Waals surface area contributed by atoms with Gasteiger partial charge in [0, 0.05) is 0 Å². The van der Waals surface area contributed by atoms with E-state index in [1.54, 1.807) is 0 Å². The van der Waals surface area contributed by atoms with Crippen molar-refractivity contribution in [2.75, 3.05) is 0 Å². The van der Waals surface area contributed by atoms with Crippen molar-refractivity contribution >= 4 is 15.5 Å². The van der Waals surface area contributed by atoms with Crippen LogP contribution in [-0.4, -0.2) is 26.6 Å². The maximum Gasteiger partial charge on any atom is 3.00 e. The largest absolute Gasteiger partial charge is 3.00 e. The van der Waals surface area contributed by atoms with Gasteiger partial charge in [-0.25, -0.2) is 0 Å². The molecular weight excluding hydrogens is 360 g/mol. The SMILES string of the molecule is CC1=CC(C)([N-]C(C)(C)C=[SiH2])C(C)=C1C.[Cl-].[Cl-].[Zr+3]. The average molecular weight is 383 g/mol. The molecule has 0 aromatic rings. The zero-order valence-electron chi connectivity index (χ0n) is 12.1. The van der Waals surface area contributed by atoms with Crippen LogP contribution in [0.25, 0.3) is 5.32 Å². The van der Waals surface area contributed by atoms with Crippen LogP contribution in [-0.2, 0) is 26.2 Å². The number of halogens is 2. The van der Waals surface area contributed by atoms with Crippen LogP contribution in [0.4, 0.5) is 0 Å². The molecule has 0 aromatic heterocycles. The molecule has 1 nitrogen and oxygen atoms in total. The third kappa shape index (κ3) is 5.17. The van der Waals surface area contributed by atoms with Crippen LogP contribution in [0.1, 0.15) is 41.5 Å². The van der Waals surface area contributed by atoms with Gasteiger partial charge < -0.3 is 30.1 Å². The first-order valence-electron chi connectivity index (χ1n) is 5.47. The van der Waals surface area contributed by atoms with Crippen LogP contribution in [0.2, 0.25) is 0 Å². The summed E-state index contributed by atoms with van der Waals surface area (Å²) in [7, 11) is 1.88. The number of allylic oxidation sites excluding steroid dienone is 2. The standard InChI is InChI=1S/C13H22NSi.2ClH.Zr/c1-9-7-13(6,11(3)10(9)2)14-12(4,5)8-15;;;/h7-8H,15H2,1-6H3;2*1H;/q-1;;;+3/p-2. The molecule has 0 amide bonds. The van der Waals surface area contributed by atoms with Crippen molar-refractivity contribution in [3.05, 3.63) is 28.1 Å². The molecule has 0 saturated heterocycles. The maximum absolute atomic E-state index is 4.96. The van der Waals surface area contributed by atoms with Crippen LogP contribution in [0.15, 0.2) is 22.8 Å². The first kappa shape index (κ1) is 24.0. The zero-order valence-corrected chi connectivity index (χ0v) is 17.4. The Labute approximate surface area is 146 Å². The van der Waals surface area contributed by atoms with Crippen molar-refractivity contribution in [3.63, 3.8) is 0 Å². The quantitative estimate of drug-likeness (QED) is 0.453. The second-order valence-corrected chi connectivity index (χ2v) is 5.60. The van der Waals surface area contributed by atoms with Crippen molar-refractivity contribution in [1.29, 1.82) is 0 Å². The molecular formula is C13H22Cl2NSiZr. The molecule has 0 heterocycles. The van der Waals surface area contributed by atoms with E-state index in [4.69, 9.17) is 5.32 Å². The van der Waals surface area contributed by atoms with E-state index in [0.717, 1.165) is 0 Å². The second-order valence-electron chi connectivity index (χ2n) is 5.19. The van der Waals surface area contributed by atoms with Crippen LogP contribution in [0.5, 0.6) is 0 Å². The molecule has 5 heteroatoms. The summed E-state index contributed by atoms with van der Waals surface area (Å²) < 4.78 is 0. The Bertz CT molecular complexity index is 364. The summed E-state index contributed by atoms with van der Waals surface area (Å²) in [4.78, 5) is 0. The van der Waals surface area contributed by atoms with Gasteiger partial charge in [0.25, 0.3) is 0 Å². The molecule has 101 valence electrons. The molecule has 0 fully saturated rings. The van der Waals surface area contributed by atoms with E-state index in [1.807, 2.05) is 9.85 Å². The Morgan fingerprint density at radius 1 is 1.22 bits per heavy atom. The average Bonchev–Trinajstić information content (AvgIpc) is 2.30. The molecule has 0 saturated carbocycles. The van der Waals surface area contributed by atoms with E-state index in [9.17, 15) is 0 Å². The molecule has 18 heavy (non-hydrogen) atoms. The molecule has 0 aliphatic heterocycles. The summed E-state index contributed by atoms with van der Waals surface area (Å²) in [5.74, 6) is 0.